The van der Waals surface area contributed by atoms with Crippen molar-refractivity contribution in [1.82, 2.24) is 10.2 Å². The van der Waals surface area contributed by atoms with Gasteiger partial charge in [0.05, 0.1) is 12.1 Å². The molecule has 3 heterocycles. The quantitative estimate of drug-likeness (QED) is 0.692. The number of anilines is 1. The zero-order valence-corrected chi connectivity index (χ0v) is 19.1. The Morgan fingerprint density at radius 1 is 1.06 bits per heavy atom. The molecule has 0 bridgehead atoms. The number of ether oxygens (including phenoxy) is 1. The molecule has 31 heavy (non-hydrogen) atoms. The van der Waals surface area contributed by atoms with E-state index in [9.17, 15) is 9.59 Å². The van der Waals surface area contributed by atoms with Crippen LogP contribution in [0.1, 0.15) is 38.3 Å². The maximum Gasteiger partial charge on any atom is 0.339 e. The molecule has 166 valence electrons. The molecule has 1 N–H and O–H groups in total. The summed E-state index contributed by atoms with van der Waals surface area (Å²) >= 11 is 0. The van der Waals surface area contributed by atoms with Crippen molar-refractivity contribution in [2.24, 2.45) is 0 Å². The Labute approximate surface area is 194 Å². The standard InChI is InChI=1S/C23H25N3O3.2ClH/c1-16-14-17(25-12-9-24-10-13-25)6-7-18(16)21(27)26-11-8-23(15-26)20-5-3-2-4-19(20)22(28)29-23;;/h2-7,14,24H,8-13,15H2,1H3;2*1H/t23-;;/m0../s1. The molecule has 1 atom stereocenters. The molecule has 2 aromatic rings. The molecule has 8 heteroatoms. The molecule has 5 rings (SSSR count). The average molecular weight is 464 g/mol. The summed E-state index contributed by atoms with van der Waals surface area (Å²) < 4.78 is 5.78. The van der Waals surface area contributed by atoms with Crippen molar-refractivity contribution >= 4 is 42.4 Å². The number of nitrogens with zero attached hydrogens (tertiary/aromatic N) is 2. The predicted molar refractivity (Wildman–Crippen MR) is 125 cm³/mol. The van der Waals surface area contributed by atoms with Gasteiger partial charge in [-0.25, -0.2) is 4.79 Å². The average Bonchev–Trinajstić information content (AvgIpc) is 3.30. The topological polar surface area (TPSA) is 61.9 Å². The summed E-state index contributed by atoms with van der Waals surface area (Å²) in [7, 11) is 0. The third-order valence-electron chi connectivity index (χ3n) is 6.37. The first-order valence-electron chi connectivity index (χ1n) is 10.3. The van der Waals surface area contributed by atoms with Crippen molar-refractivity contribution in [2.45, 2.75) is 18.9 Å². The molecular formula is C23H27Cl2N3O3. The number of rotatable bonds is 2. The first kappa shape index (κ1) is 23.4. The number of fused-ring (bicyclic) bond motifs is 2. The van der Waals surface area contributed by atoms with Gasteiger partial charge in [-0.15, -0.1) is 24.8 Å². The van der Waals surface area contributed by atoms with Crippen LogP contribution < -0.4 is 10.2 Å². The minimum atomic E-state index is -0.696. The molecule has 2 aromatic carbocycles. The van der Waals surface area contributed by atoms with Gasteiger partial charge in [-0.05, 0) is 36.8 Å². The van der Waals surface area contributed by atoms with Gasteiger partial charge in [-0.3, -0.25) is 4.79 Å². The summed E-state index contributed by atoms with van der Waals surface area (Å²) in [6.45, 7) is 6.91. The van der Waals surface area contributed by atoms with Crippen molar-refractivity contribution in [2.75, 3.05) is 44.2 Å². The van der Waals surface area contributed by atoms with E-state index in [1.807, 2.05) is 42.2 Å². The number of benzene rings is 2. The fraction of sp³-hybridized carbons (Fsp3) is 0.391. The number of carbonyl (C=O) groups excluding carboxylic acids is 2. The zero-order valence-electron chi connectivity index (χ0n) is 17.4. The number of nitrogens with one attached hydrogen (secondary N) is 1. The van der Waals surface area contributed by atoms with Gasteiger partial charge >= 0.3 is 5.97 Å². The van der Waals surface area contributed by atoms with Crippen molar-refractivity contribution in [3.63, 3.8) is 0 Å². The molecule has 6 nitrogen and oxygen atoms in total. The smallest absolute Gasteiger partial charge is 0.339 e. The Bertz CT molecular complexity index is 994. The molecule has 1 amide bonds. The normalized spacial score (nSPS) is 21.9. The van der Waals surface area contributed by atoms with Gasteiger partial charge in [0.25, 0.3) is 5.91 Å². The lowest BCUT2D eigenvalue weighted by Gasteiger charge is -2.30. The van der Waals surface area contributed by atoms with Crippen LogP contribution in [0.3, 0.4) is 0 Å². The lowest BCUT2D eigenvalue weighted by Crippen LogP contribution is -2.43. The molecule has 0 radical (unpaired) electrons. The number of hydrogen-bond acceptors (Lipinski definition) is 5. The van der Waals surface area contributed by atoms with Crippen LogP contribution in [0.5, 0.6) is 0 Å². The van der Waals surface area contributed by atoms with Gasteiger partial charge in [0.15, 0.2) is 5.60 Å². The van der Waals surface area contributed by atoms with E-state index >= 15 is 0 Å². The van der Waals surface area contributed by atoms with Crippen LogP contribution >= 0.6 is 24.8 Å². The van der Waals surface area contributed by atoms with E-state index in [-0.39, 0.29) is 36.7 Å². The van der Waals surface area contributed by atoms with E-state index in [0.29, 0.717) is 25.1 Å². The van der Waals surface area contributed by atoms with E-state index in [1.165, 1.54) is 0 Å². The number of piperazine rings is 1. The number of hydrogen-bond donors (Lipinski definition) is 1. The summed E-state index contributed by atoms with van der Waals surface area (Å²) in [5.41, 5.74) is 3.70. The van der Waals surface area contributed by atoms with E-state index in [0.717, 1.165) is 48.6 Å². The first-order chi connectivity index (χ1) is 14.1. The molecule has 3 aliphatic heterocycles. The van der Waals surface area contributed by atoms with Gasteiger partial charge < -0.3 is 19.9 Å². The minimum absolute atomic E-state index is 0. The Hall–Kier alpha value is -2.28. The summed E-state index contributed by atoms with van der Waals surface area (Å²) in [6.07, 6.45) is 0.638. The monoisotopic (exact) mass is 463 g/mol. The second-order valence-corrected chi connectivity index (χ2v) is 8.14. The third-order valence-corrected chi connectivity index (χ3v) is 6.37. The fourth-order valence-corrected chi connectivity index (χ4v) is 4.78. The highest BCUT2D eigenvalue weighted by atomic mass is 35.5. The Morgan fingerprint density at radius 2 is 1.81 bits per heavy atom. The van der Waals surface area contributed by atoms with Crippen molar-refractivity contribution in [1.29, 1.82) is 0 Å². The van der Waals surface area contributed by atoms with Crippen LogP contribution in [-0.2, 0) is 10.3 Å². The molecule has 3 aliphatic rings. The van der Waals surface area contributed by atoms with Crippen LogP contribution in [0, 0.1) is 6.92 Å². The minimum Gasteiger partial charge on any atom is -0.449 e. The number of halogens is 2. The largest absolute Gasteiger partial charge is 0.449 e. The lowest BCUT2D eigenvalue weighted by molar-refractivity contribution is -0.00306. The Morgan fingerprint density at radius 3 is 2.55 bits per heavy atom. The summed E-state index contributed by atoms with van der Waals surface area (Å²) in [5.74, 6) is -0.280. The van der Waals surface area contributed by atoms with Gasteiger partial charge in [-0.1, -0.05) is 18.2 Å². The summed E-state index contributed by atoms with van der Waals surface area (Å²) in [4.78, 5) is 29.7. The highest BCUT2D eigenvalue weighted by Gasteiger charge is 2.50. The number of esters is 1. The summed E-state index contributed by atoms with van der Waals surface area (Å²) in [6, 6.07) is 13.6. The van der Waals surface area contributed by atoms with Crippen LogP contribution in [0.4, 0.5) is 5.69 Å². The fourth-order valence-electron chi connectivity index (χ4n) is 4.78. The molecule has 2 fully saturated rings. The van der Waals surface area contributed by atoms with Crippen LogP contribution in [0.2, 0.25) is 0 Å². The molecule has 0 aliphatic carbocycles. The first-order valence-corrected chi connectivity index (χ1v) is 10.3. The Balaban J connectivity index is 0.00000136. The number of aryl methyl sites for hydroxylation is 1. The number of likely N-dealkylation sites (tertiary alicyclic amines) is 1. The van der Waals surface area contributed by atoms with Crippen molar-refractivity contribution in [3.05, 3.63) is 64.7 Å². The molecule has 0 aromatic heterocycles. The predicted octanol–water partition coefficient (Wildman–Crippen LogP) is 3.16. The lowest BCUT2D eigenvalue weighted by atomic mass is 9.91. The van der Waals surface area contributed by atoms with Crippen LogP contribution in [0.15, 0.2) is 42.5 Å². The second kappa shape index (κ2) is 9.07. The van der Waals surface area contributed by atoms with Gasteiger partial charge in [0.2, 0.25) is 0 Å². The van der Waals surface area contributed by atoms with E-state index < -0.39 is 5.60 Å². The third kappa shape index (κ3) is 4.00. The van der Waals surface area contributed by atoms with E-state index in [4.69, 9.17) is 4.74 Å². The molecule has 2 saturated heterocycles. The highest BCUT2D eigenvalue weighted by Crippen LogP contribution is 2.43. The maximum absolute atomic E-state index is 13.3. The SMILES string of the molecule is Cc1cc(N2CCNCC2)ccc1C(=O)N1CC[C@@]2(C1)OC(=O)c1ccccc12.Cl.Cl. The summed E-state index contributed by atoms with van der Waals surface area (Å²) in [5, 5.41) is 3.36. The van der Waals surface area contributed by atoms with Gasteiger partial charge in [0.1, 0.15) is 0 Å². The zero-order chi connectivity index (χ0) is 20.0. The van der Waals surface area contributed by atoms with E-state index in [2.05, 4.69) is 16.3 Å². The highest BCUT2D eigenvalue weighted by molar-refractivity contribution is 5.97. The molecular weight excluding hydrogens is 437 g/mol. The second-order valence-electron chi connectivity index (χ2n) is 8.14. The number of amides is 1. The maximum atomic E-state index is 13.3. The van der Waals surface area contributed by atoms with Crippen molar-refractivity contribution < 1.29 is 14.3 Å². The van der Waals surface area contributed by atoms with Gasteiger partial charge in [0, 0.05) is 56.0 Å². The molecule has 0 saturated carbocycles. The van der Waals surface area contributed by atoms with Crippen LogP contribution in [0.25, 0.3) is 0 Å². The van der Waals surface area contributed by atoms with E-state index in [1.54, 1.807) is 6.07 Å². The number of carbonyl (C=O) groups is 2. The Kier molecular flexibility index (Phi) is 6.84. The van der Waals surface area contributed by atoms with Crippen molar-refractivity contribution in [3.8, 4) is 0 Å². The molecule has 0 unspecified atom stereocenters. The van der Waals surface area contributed by atoms with Gasteiger partial charge in [-0.2, -0.15) is 0 Å². The van der Waals surface area contributed by atoms with Crippen LogP contribution in [-0.4, -0.2) is 56.0 Å². The molecule has 1 spiro atoms.